The lowest BCUT2D eigenvalue weighted by Crippen LogP contribution is -2.30. The number of benzene rings is 1. The molecule has 21 heavy (non-hydrogen) atoms. The van der Waals surface area contributed by atoms with Crippen LogP contribution in [0.25, 0.3) is 0 Å². The zero-order valence-corrected chi connectivity index (χ0v) is 10.9. The fourth-order valence-electron chi connectivity index (χ4n) is 2.17. The minimum atomic E-state index is -4.56. The fraction of sp³-hybridized carbons (Fsp3) is 0.357. The summed E-state index contributed by atoms with van der Waals surface area (Å²) in [4.78, 5) is 24.8. The summed E-state index contributed by atoms with van der Waals surface area (Å²) in [6, 6.07) is 4.67. The lowest BCUT2D eigenvalue weighted by Gasteiger charge is -2.16. The number of anilines is 1. The van der Waals surface area contributed by atoms with Gasteiger partial charge in [-0.25, -0.2) is 0 Å². The third kappa shape index (κ3) is 2.89. The number of Topliss-reactive ketones (excluding diaryl/α,β-unsaturated/α-hetero) is 1. The van der Waals surface area contributed by atoms with E-state index in [2.05, 4.69) is 0 Å². The van der Waals surface area contributed by atoms with Crippen LogP contribution in [0.15, 0.2) is 18.2 Å². The van der Waals surface area contributed by atoms with Gasteiger partial charge >= 0.3 is 6.18 Å². The summed E-state index contributed by atoms with van der Waals surface area (Å²) < 4.78 is 37.9. The van der Waals surface area contributed by atoms with Gasteiger partial charge in [0.25, 0.3) is 11.7 Å². The largest absolute Gasteiger partial charge is 0.416 e. The molecule has 2 rings (SSSR count). The van der Waals surface area contributed by atoms with Gasteiger partial charge in [0.1, 0.15) is 0 Å². The highest BCUT2D eigenvalue weighted by Crippen LogP contribution is 2.36. The van der Waals surface area contributed by atoms with Crippen molar-refractivity contribution in [2.45, 2.75) is 25.4 Å². The first-order valence-electron chi connectivity index (χ1n) is 6.30. The Bertz CT molecular complexity index is 632. The molecule has 1 aliphatic heterocycles. The van der Waals surface area contributed by atoms with Crippen LogP contribution >= 0.6 is 0 Å². The third-order valence-corrected chi connectivity index (χ3v) is 3.22. The number of ketones is 1. The topological polar surface area (TPSA) is 61.2 Å². The Hall–Kier alpha value is -2.36. The normalized spacial score (nSPS) is 14.3. The van der Waals surface area contributed by atoms with Gasteiger partial charge in [0, 0.05) is 13.0 Å². The van der Waals surface area contributed by atoms with Gasteiger partial charge in [-0.05, 0) is 31.0 Å². The zero-order valence-electron chi connectivity index (χ0n) is 10.9. The van der Waals surface area contributed by atoms with E-state index in [9.17, 15) is 22.8 Å². The quantitative estimate of drug-likeness (QED) is 0.634. The molecule has 0 saturated heterocycles. The van der Waals surface area contributed by atoms with Crippen molar-refractivity contribution in [3.63, 3.8) is 0 Å². The van der Waals surface area contributed by atoms with Crippen molar-refractivity contribution in [3.8, 4) is 6.07 Å². The van der Waals surface area contributed by atoms with Gasteiger partial charge in [0.05, 0.1) is 22.9 Å². The molecule has 1 amide bonds. The number of carbonyl (C=O) groups excluding carboxylic acids is 2. The van der Waals surface area contributed by atoms with Crippen molar-refractivity contribution in [2.24, 2.45) is 0 Å². The van der Waals surface area contributed by atoms with E-state index in [0.29, 0.717) is 25.3 Å². The van der Waals surface area contributed by atoms with Gasteiger partial charge in [-0.2, -0.15) is 18.4 Å². The number of amides is 1. The molecule has 1 aliphatic rings. The van der Waals surface area contributed by atoms with E-state index < -0.39 is 23.4 Å². The Balaban J connectivity index is 2.25. The second-order valence-electron chi connectivity index (χ2n) is 4.63. The summed E-state index contributed by atoms with van der Waals surface area (Å²) in [5.74, 6) is -1.74. The predicted octanol–water partition coefficient (Wildman–Crippen LogP) is 2.93. The fourth-order valence-corrected chi connectivity index (χ4v) is 2.17. The van der Waals surface area contributed by atoms with Crippen LogP contribution in [0.5, 0.6) is 0 Å². The van der Waals surface area contributed by atoms with Crippen LogP contribution in [-0.4, -0.2) is 18.2 Å². The van der Waals surface area contributed by atoms with Gasteiger partial charge in [-0.1, -0.05) is 0 Å². The van der Waals surface area contributed by atoms with Crippen LogP contribution in [0.4, 0.5) is 18.9 Å². The van der Waals surface area contributed by atoms with Crippen molar-refractivity contribution in [1.82, 2.24) is 0 Å². The van der Waals surface area contributed by atoms with E-state index in [-0.39, 0.29) is 17.8 Å². The van der Waals surface area contributed by atoms with E-state index in [4.69, 9.17) is 5.26 Å². The molecule has 0 spiro atoms. The molecule has 0 saturated carbocycles. The summed E-state index contributed by atoms with van der Waals surface area (Å²) in [6.45, 7) is 0.213. The number of rotatable bonds is 4. The molecule has 0 unspecified atom stereocenters. The smallest absolute Gasteiger partial charge is 0.305 e. The molecular formula is C14H11F3N2O2. The standard InChI is InChI=1S/C14H11F3N2O2/c15-14(16,17)9-4-5-11-10(8-9)12(20)13(21)19(11)7-3-1-2-6-18/h4-5,8H,1-3,7H2. The Morgan fingerprint density at radius 1 is 1.19 bits per heavy atom. The van der Waals surface area contributed by atoms with Crippen molar-refractivity contribution in [1.29, 1.82) is 5.26 Å². The molecule has 0 bridgehead atoms. The average molecular weight is 296 g/mol. The van der Waals surface area contributed by atoms with Gasteiger partial charge in [-0.3, -0.25) is 9.59 Å². The van der Waals surface area contributed by atoms with Crippen molar-refractivity contribution < 1.29 is 22.8 Å². The molecule has 1 aromatic rings. The van der Waals surface area contributed by atoms with Crippen LogP contribution in [-0.2, 0) is 11.0 Å². The SMILES string of the molecule is N#CCCCCN1C(=O)C(=O)c2cc(C(F)(F)F)ccc21. The monoisotopic (exact) mass is 296 g/mol. The number of nitrogens with zero attached hydrogens (tertiary/aromatic N) is 2. The summed E-state index contributed by atoms with van der Waals surface area (Å²) in [7, 11) is 0. The van der Waals surface area contributed by atoms with Crippen LogP contribution in [0.2, 0.25) is 0 Å². The Morgan fingerprint density at radius 3 is 2.52 bits per heavy atom. The van der Waals surface area contributed by atoms with Crippen molar-refractivity contribution >= 4 is 17.4 Å². The number of hydrogen-bond acceptors (Lipinski definition) is 3. The number of hydrogen-bond donors (Lipinski definition) is 0. The highest BCUT2D eigenvalue weighted by molar-refractivity contribution is 6.52. The minimum absolute atomic E-state index is 0.204. The van der Waals surface area contributed by atoms with Crippen molar-refractivity contribution in [2.75, 3.05) is 11.4 Å². The number of carbonyl (C=O) groups is 2. The third-order valence-electron chi connectivity index (χ3n) is 3.22. The molecule has 1 aromatic carbocycles. The number of fused-ring (bicyclic) bond motifs is 1. The molecule has 0 atom stereocenters. The molecule has 110 valence electrons. The Morgan fingerprint density at radius 2 is 1.90 bits per heavy atom. The zero-order chi connectivity index (χ0) is 15.6. The van der Waals surface area contributed by atoms with Crippen LogP contribution in [0.1, 0.15) is 35.2 Å². The van der Waals surface area contributed by atoms with Gasteiger partial charge < -0.3 is 4.90 Å². The molecule has 0 radical (unpaired) electrons. The van der Waals surface area contributed by atoms with Crippen molar-refractivity contribution in [3.05, 3.63) is 29.3 Å². The van der Waals surface area contributed by atoms with Gasteiger partial charge in [0.15, 0.2) is 0 Å². The summed E-state index contributed by atoms with van der Waals surface area (Å²) in [5.41, 5.74) is -0.959. The second kappa shape index (κ2) is 5.56. The lowest BCUT2D eigenvalue weighted by molar-refractivity contribution is -0.137. The maximum absolute atomic E-state index is 12.6. The molecule has 0 fully saturated rings. The first-order valence-corrected chi connectivity index (χ1v) is 6.30. The van der Waals surface area contributed by atoms with Crippen LogP contribution < -0.4 is 4.90 Å². The molecule has 0 aliphatic carbocycles. The number of nitriles is 1. The van der Waals surface area contributed by atoms with E-state index in [1.54, 1.807) is 0 Å². The Kier molecular flexibility index (Phi) is 3.98. The molecule has 7 heteroatoms. The van der Waals surface area contributed by atoms with Crippen LogP contribution in [0, 0.1) is 11.3 Å². The number of halogens is 3. The predicted molar refractivity (Wildman–Crippen MR) is 67.6 cm³/mol. The van der Waals surface area contributed by atoms with Gasteiger partial charge in [-0.15, -0.1) is 0 Å². The van der Waals surface area contributed by atoms with Crippen LogP contribution in [0.3, 0.4) is 0 Å². The first kappa shape index (κ1) is 15.0. The summed E-state index contributed by atoms with van der Waals surface area (Å²) in [6.07, 6.45) is -3.16. The second-order valence-corrected chi connectivity index (χ2v) is 4.63. The number of unbranched alkanes of at least 4 members (excludes halogenated alkanes) is 2. The highest BCUT2D eigenvalue weighted by atomic mass is 19.4. The highest BCUT2D eigenvalue weighted by Gasteiger charge is 2.38. The molecule has 1 heterocycles. The van der Waals surface area contributed by atoms with Gasteiger partial charge in [0.2, 0.25) is 0 Å². The maximum atomic E-state index is 12.6. The van der Waals surface area contributed by atoms with E-state index >= 15 is 0 Å². The molecule has 4 nitrogen and oxygen atoms in total. The summed E-state index contributed by atoms with van der Waals surface area (Å²) in [5, 5.41) is 8.43. The van der Waals surface area contributed by atoms with E-state index in [0.717, 1.165) is 12.1 Å². The minimum Gasteiger partial charge on any atom is -0.305 e. The Labute approximate surface area is 118 Å². The van der Waals surface area contributed by atoms with E-state index in [1.807, 2.05) is 6.07 Å². The molecule has 0 N–H and O–H groups in total. The summed E-state index contributed by atoms with van der Waals surface area (Å²) >= 11 is 0. The first-order chi connectivity index (χ1) is 9.86. The van der Waals surface area contributed by atoms with E-state index in [1.165, 1.54) is 4.90 Å². The average Bonchev–Trinajstić information content (AvgIpc) is 2.67. The maximum Gasteiger partial charge on any atom is 0.416 e. The molecule has 0 aromatic heterocycles. The lowest BCUT2D eigenvalue weighted by atomic mass is 10.1. The number of alkyl halides is 3. The molecular weight excluding hydrogens is 285 g/mol.